The minimum absolute atomic E-state index is 0.00511. The van der Waals surface area contributed by atoms with Crippen LogP contribution in [0.25, 0.3) is 10.8 Å². The van der Waals surface area contributed by atoms with E-state index in [1.165, 1.54) is 18.2 Å². The molecule has 0 heterocycles. The number of nitrogens with one attached hydrogen (secondary N) is 1. The first-order valence-electron chi connectivity index (χ1n) is 6.58. The highest BCUT2D eigenvalue weighted by Gasteiger charge is 2.20. The summed E-state index contributed by atoms with van der Waals surface area (Å²) in [7, 11) is -9.41. The number of rotatable bonds is 6. The van der Waals surface area contributed by atoms with E-state index >= 15 is 0 Å². The van der Waals surface area contributed by atoms with Gasteiger partial charge in [-0.2, -0.15) is 16.8 Å². The first kappa shape index (κ1) is 18.6. The van der Waals surface area contributed by atoms with Crippen LogP contribution in [0.4, 0.5) is 5.69 Å². The molecule has 0 aliphatic rings. The topological polar surface area (TPSA) is 161 Å². The second kappa shape index (κ2) is 6.63. The highest BCUT2D eigenvalue weighted by atomic mass is 32.2. The van der Waals surface area contributed by atoms with E-state index in [1.54, 1.807) is 0 Å². The van der Waals surface area contributed by atoms with Gasteiger partial charge in [-0.3, -0.25) is 9.11 Å². The van der Waals surface area contributed by atoms with Crippen molar-refractivity contribution >= 4 is 36.7 Å². The molecule has 0 saturated carbocycles. The van der Waals surface area contributed by atoms with Gasteiger partial charge in [0.05, 0.1) is 17.6 Å². The SMILES string of the molecule is O=S(=O)(O)c1cc(S(=O)(=O)O)c2ccc(NCC(O)CO)cc2c1. The number of benzene rings is 2. The third-order valence-electron chi connectivity index (χ3n) is 3.22. The Hall–Kier alpha value is -1.76. The lowest BCUT2D eigenvalue weighted by molar-refractivity contribution is 0.105. The molecule has 2 aromatic carbocycles. The van der Waals surface area contributed by atoms with Gasteiger partial charge < -0.3 is 15.5 Å². The molecule has 0 saturated heterocycles. The Morgan fingerprint density at radius 1 is 1.00 bits per heavy atom. The summed E-state index contributed by atoms with van der Waals surface area (Å²) in [5, 5.41) is 21.0. The number of anilines is 1. The van der Waals surface area contributed by atoms with Crippen LogP contribution in [-0.2, 0) is 20.2 Å². The summed E-state index contributed by atoms with van der Waals surface area (Å²) in [5.41, 5.74) is 0.406. The molecule has 0 aliphatic heterocycles. The van der Waals surface area contributed by atoms with E-state index in [2.05, 4.69) is 5.32 Å². The maximum Gasteiger partial charge on any atom is 0.295 e. The van der Waals surface area contributed by atoms with Gasteiger partial charge in [0.2, 0.25) is 0 Å². The molecule has 0 fully saturated rings. The number of fused-ring (bicyclic) bond motifs is 1. The summed E-state index contributed by atoms with van der Waals surface area (Å²) in [5.74, 6) is 0. The zero-order valence-electron chi connectivity index (χ0n) is 12.1. The lowest BCUT2D eigenvalue weighted by atomic mass is 10.1. The highest BCUT2D eigenvalue weighted by Crippen LogP contribution is 2.29. The molecule has 11 heteroatoms. The van der Waals surface area contributed by atoms with Gasteiger partial charge in [0, 0.05) is 17.6 Å². The molecule has 0 amide bonds. The summed E-state index contributed by atoms with van der Waals surface area (Å²) < 4.78 is 63.9. The summed E-state index contributed by atoms with van der Waals surface area (Å²) in [6.45, 7) is -0.453. The second-order valence-corrected chi connectivity index (χ2v) is 7.84. The van der Waals surface area contributed by atoms with Gasteiger partial charge in [0.1, 0.15) is 4.90 Å². The number of aliphatic hydroxyl groups is 2. The smallest absolute Gasteiger partial charge is 0.295 e. The van der Waals surface area contributed by atoms with Crippen molar-refractivity contribution in [1.82, 2.24) is 0 Å². The van der Waals surface area contributed by atoms with Crippen LogP contribution in [0.5, 0.6) is 0 Å². The van der Waals surface area contributed by atoms with Crippen molar-refractivity contribution in [2.24, 2.45) is 0 Å². The molecule has 1 atom stereocenters. The average molecular weight is 377 g/mol. The molecule has 132 valence electrons. The van der Waals surface area contributed by atoms with Gasteiger partial charge in [-0.15, -0.1) is 0 Å². The van der Waals surface area contributed by atoms with E-state index in [0.29, 0.717) is 11.8 Å². The monoisotopic (exact) mass is 377 g/mol. The van der Waals surface area contributed by atoms with Crippen molar-refractivity contribution < 1.29 is 36.2 Å². The van der Waals surface area contributed by atoms with Crippen LogP contribution in [0.3, 0.4) is 0 Å². The van der Waals surface area contributed by atoms with Gasteiger partial charge in [0.25, 0.3) is 20.2 Å². The molecule has 9 nitrogen and oxygen atoms in total. The lowest BCUT2D eigenvalue weighted by Gasteiger charge is -2.12. The molecule has 0 spiro atoms. The number of aliphatic hydroxyl groups excluding tert-OH is 2. The quantitative estimate of drug-likeness (QED) is 0.439. The van der Waals surface area contributed by atoms with Crippen LogP contribution >= 0.6 is 0 Å². The molecule has 0 radical (unpaired) electrons. The van der Waals surface area contributed by atoms with E-state index < -0.39 is 42.7 Å². The summed E-state index contributed by atoms with van der Waals surface area (Å²) in [6, 6.07) is 5.87. The Kier molecular flexibility index (Phi) is 5.13. The molecule has 0 bridgehead atoms. The van der Waals surface area contributed by atoms with Crippen molar-refractivity contribution in [3.63, 3.8) is 0 Å². The average Bonchev–Trinajstić information content (AvgIpc) is 2.49. The third-order valence-corrected chi connectivity index (χ3v) is 4.94. The number of hydrogen-bond acceptors (Lipinski definition) is 7. The molecule has 2 aromatic rings. The van der Waals surface area contributed by atoms with Crippen molar-refractivity contribution in [2.75, 3.05) is 18.5 Å². The largest absolute Gasteiger partial charge is 0.394 e. The Morgan fingerprint density at radius 2 is 1.67 bits per heavy atom. The molecule has 24 heavy (non-hydrogen) atoms. The first-order valence-corrected chi connectivity index (χ1v) is 9.46. The lowest BCUT2D eigenvalue weighted by Crippen LogP contribution is -2.22. The molecule has 2 rings (SSSR count). The molecular weight excluding hydrogens is 362 g/mol. The maximum absolute atomic E-state index is 11.5. The van der Waals surface area contributed by atoms with E-state index in [0.717, 1.165) is 6.07 Å². The van der Waals surface area contributed by atoms with Gasteiger partial charge in [-0.05, 0) is 29.7 Å². The molecule has 0 aromatic heterocycles. The normalized spacial score (nSPS) is 13.8. The highest BCUT2D eigenvalue weighted by molar-refractivity contribution is 7.86. The van der Waals surface area contributed by atoms with Gasteiger partial charge in [0.15, 0.2) is 0 Å². The summed E-state index contributed by atoms with van der Waals surface area (Å²) in [4.78, 5) is -1.34. The Morgan fingerprint density at radius 3 is 2.21 bits per heavy atom. The number of hydrogen-bond donors (Lipinski definition) is 5. The zero-order valence-corrected chi connectivity index (χ0v) is 13.7. The standard InChI is InChI=1S/C13H15NO8S2/c15-7-10(16)6-14-9-1-2-12-8(3-9)4-11(23(17,18)19)5-13(12)24(20,21)22/h1-5,10,14-16H,6-7H2,(H,17,18,19)(H,20,21,22). The second-order valence-electron chi connectivity index (χ2n) is 5.02. The van der Waals surface area contributed by atoms with Crippen LogP contribution in [0.15, 0.2) is 40.1 Å². The maximum atomic E-state index is 11.5. The predicted octanol–water partition coefficient (Wildman–Crippen LogP) is 0.0983. The van der Waals surface area contributed by atoms with Crippen molar-refractivity contribution in [2.45, 2.75) is 15.9 Å². The molecule has 5 N–H and O–H groups in total. The van der Waals surface area contributed by atoms with Crippen molar-refractivity contribution in [1.29, 1.82) is 0 Å². The Labute approximate surface area is 138 Å². The van der Waals surface area contributed by atoms with E-state index in [-0.39, 0.29) is 17.3 Å². The molecular formula is C13H15NO8S2. The summed E-state index contributed by atoms with van der Waals surface area (Å²) >= 11 is 0. The van der Waals surface area contributed by atoms with E-state index in [9.17, 15) is 26.5 Å². The molecule has 0 aliphatic carbocycles. The first-order chi connectivity index (χ1) is 11.0. The zero-order chi connectivity index (χ0) is 18.1. The van der Waals surface area contributed by atoms with Crippen LogP contribution in [-0.4, -0.2) is 55.4 Å². The van der Waals surface area contributed by atoms with Gasteiger partial charge in [-0.25, -0.2) is 0 Å². The fourth-order valence-corrected chi connectivity index (χ4v) is 3.44. The van der Waals surface area contributed by atoms with Gasteiger partial charge in [-0.1, -0.05) is 6.07 Å². The van der Waals surface area contributed by atoms with E-state index in [1.807, 2.05) is 0 Å². The Balaban J connectivity index is 2.62. The minimum atomic E-state index is -4.72. The van der Waals surface area contributed by atoms with Crippen LogP contribution in [0.2, 0.25) is 0 Å². The Bertz CT molecular complexity index is 969. The van der Waals surface area contributed by atoms with Crippen LogP contribution in [0, 0.1) is 0 Å². The third kappa shape index (κ3) is 4.20. The van der Waals surface area contributed by atoms with Crippen molar-refractivity contribution in [3.05, 3.63) is 30.3 Å². The van der Waals surface area contributed by atoms with Crippen molar-refractivity contribution in [3.8, 4) is 0 Å². The van der Waals surface area contributed by atoms with E-state index in [4.69, 9.17) is 9.66 Å². The van der Waals surface area contributed by atoms with Crippen LogP contribution in [0.1, 0.15) is 0 Å². The fraction of sp³-hybridized carbons (Fsp3) is 0.231. The predicted molar refractivity (Wildman–Crippen MR) is 85.2 cm³/mol. The molecule has 1 unspecified atom stereocenters. The van der Waals surface area contributed by atoms with Crippen LogP contribution < -0.4 is 5.32 Å². The summed E-state index contributed by atoms with van der Waals surface area (Å²) in [6.07, 6.45) is -1.02. The fourth-order valence-electron chi connectivity index (χ4n) is 2.08. The van der Waals surface area contributed by atoms with Gasteiger partial charge >= 0.3 is 0 Å². The minimum Gasteiger partial charge on any atom is -0.394 e.